The highest BCUT2D eigenvalue weighted by molar-refractivity contribution is 7.13. The van der Waals surface area contributed by atoms with Crippen LogP contribution in [-0.4, -0.2) is 15.6 Å². The number of carbonyl (C=O) groups excluding carboxylic acids is 1. The maximum atomic E-state index is 13.4. The average molecular weight is 397 g/mol. The number of rotatable bonds is 3. The van der Waals surface area contributed by atoms with E-state index in [1.807, 2.05) is 60.0 Å². The second-order valence-electron chi connectivity index (χ2n) is 6.58. The van der Waals surface area contributed by atoms with Crippen molar-refractivity contribution < 1.29 is 4.79 Å². The summed E-state index contributed by atoms with van der Waals surface area (Å²) >= 11 is 1.46. The minimum atomic E-state index is -0.368. The highest BCUT2D eigenvalue weighted by atomic mass is 32.1. The average Bonchev–Trinajstić information content (AvgIpc) is 3.30. The third kappa shape index (κ3) is 3.09. The van der Waals surface area contributed by atoms with Gasteiger partial charge in [0.1, 0.15) is 0 Å². The Bertz CT molecular complexity index is 1410. The van der Waals surface area contributed by atoms with Crippen LogP contribution in [0.5, 0.6) is 0 Å². The molecule has 0 saturated heterocycles. The Morgan fingerprint density at radius 2 is 1.62 bits per heavy atom. The molecule has 0 bridgehead atoms. The van der Waals surface area contributed by atoms with Crippen molar-refractivity contribution in [2.24, 2.45) is 0 Å². The van der Waals surface area contributed by atoms with Gasteiger partial charge in [0.05, 0.1) is 15.8 Å². The van der Waals surface area contributed by atoms with Crippen LogP contribution in [0.4, 0.5) is 0 Å². The number of hydrogen-bond donors (Lipinski definition) is 1. The van der Waals surface area contributed by atoms with Gasteiger partial charge in [0, 0.05) is 5.56 Å². The first-order valence-electron chi connectivity index (χ1n) is 9.06. The van der Waals surface area contributed by atoms with Crippen molar-refractivity contribution in [3.05, 3.63) is 100 Å². The number of aromatic nitrogens is 2. The number of benzene rings is 3. The van der Waals surface area contributed by atoms with Crippen molar-refractivity contribution in [3.8, 4) is 10.7 Å². The lowest BCUT2D eigenvalue weighted by Crippen LogP contribution is -2.35. The molecule has 0 saturated carbocycles. The monoisotopic (exact) mass is 397 g/mol. The van der Waals surface area contributed by atoms with Crippen LogP contribution in [0.25, 0.3) is 32.4 Å². The highest BCUT2D eigenvalue weighted by Gasteiger charge is 2.17. The van der Waals surface area contributed by atoms with Crippen molar-refractivity contribution in [3.63, 3.8) is 0 Å². The van der Waals surface area contributed by atoms with Crippen LogP contribution in [0.3, 0.4) is 0 Å². The molecule has 0 atom stereocenters. The zero-order valence-electron chi connectivity index (χ0n) is 15.2. The molecule has 29 heavy (non-hydrogen) atoms. The molecule has 2 heterocycles. The van der Waals surface area contributed by atoms with E-state index >= 15 is 0 Å². The molecule has 6 heteroatoms. The summed E-state index contributed by atoms with van der Waals surface area (Å²) in [5.74, 6) is 0.0458. The van der Waals surface area contributed by atoms with Gasteiger partial charge in [-0.15, -0.1) is 11.3 Å². The molecule has 1 amide bonds. The van der Waals surface area contributed by atoms with Gasteiger partial charge in [0.2, 0.25) is 0 Å². The molecule has 0 spiro atoms. The van der Waals surface area contributed by atoms with Gasteiger partial charge >= 0.3 is 0 Å². The van der Waals surface area contributed by atoms with Crippen molar-refractivity contribution >= 4 is 38.9 Å². The Labute approximate surface area is 169 Å². The molecule has 5 aromatic rings. The first-order valence-corrected chi connectivity index (χ1v) is 9.94. The predicted molar refractivity (Wildman–Crippen MR) is 117 cm³/mol. The predicted octanol–water partition coefficient (Wildman–Crippen LogP) is 4.66. The Morgan fingerprint density at radius 1 is 0.897 bits per heavy atom. The molecule has 0 aliphatic heterocycles. The minimum absolute atomic E-state index is 0.312. The summed E-state index contributed by atoms with van der Waals surface area (Å²) in [6, 6.07) is 24.1. The largest absolute Gasteiger partial charge is 0.280 e. The summed E-state index contributed by atoms with van der Waals surface area (Å²) in [6.45, 7) is 0. The van der Waals surface area contributed by atoms with E-state index in [2.05, 4.69) is 5.43 Å². The van der Waals surface area contributed by atoms with Crippen LogP contribution in [0, 0.1) is 0 Å². The molecule has 3 aromatic carbocycles. The zero-order chi connectivity index (χ0) is 19.8. The van der Waals surface area contributed by atoms with Crippen LogP contribution >= 0.6 is 11.3 Å². The molecule has 0 radical (unpaired) electrons. The number of amides is 1. The first kappa shape index (κ1) is 17.3. The normalized spacial score (nSPS) is 11.0. The topological polar surface area (TPSA) is 64.0 Å². The molecule has 140 valence electrons. The van der Waals surface area contributed by atoms with Gasteiger partial charge in [-0.2, -0.15) is 4.68 Å². The van der Waals surface area contributed by atoms with Gasteiger partial charge < -0.3 is 0 Å². The molecule has 0 fully saturated rings. The van der Waals surface area contributed by atoms with Crippen LogP contribution in [-0.2, 0) is 0 Å². The van der Waals surface area contributed by atoms with Crippen molar-refractivity contribution in [2.75, 3.05) is 5.43 Å². The Balaban J connectivity index is 1.75. The summed E-state index contributed by atoms with van der Waals surface area (Å²) in [5.41, 5.74) is 3.49. The smallest absolute Gasteiger partial charge is 0.267 e. The summed E-state index contributed by atoms with van der Waals surface area (Å²) in [4.78, 5) is 31.6. The van der Waals surface area contributed by atoms with Crippen molar-refractivity contribution in [2.45, 2.75) is 0 Å². The third-order valence-corrected chi connectivity index (χ3v) is 5.59. The molecular weight excluding hydrogens is 382 g/mol. The van der Waals surface area contributed by atoms with E-state index in [9.17, 15) is 9.59 Å². The molecule has 5 nitrogen and oxygen atoms in total. The fourth-order valence-electron chi connectivity index (χ4n) is 3.30. The lowest BCUT2D eigenvalue weighted by Gasteiger charge is -2.14. The minimum Gasteiger partial charge on any atom is -0.267 e. The molecule has 0 unspecified atom stereocenters. The zero-order valence-corrected chi connectivity index (χ0v) is 16.0. The maximum Gasteiger partial charge on any atom is 0.280 e. The van der Waals surface area contributed by atoms with Crippen LogP contribution in [0.15, 0.2) is 89.0 Å². The number of hydrogen-bond acceptors (Lipinski definition) is 4. The summed E-state index contributed by atoms with van der Waals surface area (Å²) in [7, 11) is 0. The van der Waals surface area contributed by atoms with Crippen LogP contribution in [0.2, 0.25) is 0 Å². The Hall–Kier alpha value is -3.77. The van der Waals surface area contributed by atoms with E-state index in [4.69, 9.17) is 4.98 Å². The SMILES string of the molecule is O=C(Nn1c(-c2cccs2)nc2cc3ccccc3cc2c1=O)c1ccccc1. The van der Waals surface area contributed by atoms with E-state index < -0.39 is 0 Å². The van der Waals surface area contributed by atoms with E-state index in [1.54, 1.807) is 24.3 Å². The first-order chi connectivity index (χ1) is 14.2. The standard InChI is InChI=1S/C23H15N3O2S/c27-22(15-7-2-1-3-8-15)25-26-21(20-11-6-12-29-20)24-19-14-17-10-5-4-9-16(17)13-18(19)23(26)28/h1-14H,(H,25,27). The number of nitrogens with zero attached hydrogens (tertiary/aromatic N) is 2. The van der Waals surface area contributed by atoms with Crippen molar-refractivity contribution in [1.82, 2.24) is 9.66 Å². The van der Waals surface area contributed by atoms with Crippen molar-refractivity contribution in [1.29, 1.82) is 0 Å². The van der Waals surface area contributed by atoms with E-state index in [1.165, 1.54) is 16.0 Å². The van der Waals surface area contributed by atoms with Gasteiger partial charge in [-0.1, -0.05) is 48.5 Å². The van der Waals surface area contributed by atoms with Gasteiger partial charge in [-0.3, -0.25) is 15.0 Å². The molecule has 1 N–H and O–H groups in total. The molecule has 5 rings (SSSR count). The lowest BCUT2D eigenvalue weighted by molar-refractivity contribution is 0.101. The Kier molecular flexibility index (Phi) is 4.18. The summed E-state index contributed by atoms with van der Waals surface area (Å²) in [6.07, 6.45) is 0. The van der Waals surface area contributed by atoms with Crippen LogP contribution in [0.1, 0.15) is 10.4 Å². The molecule has 0 aliphatic carbocycles. The number of nitrogens with one attached hydrogen (secondary N) is 1. The van der Waals surface area contributed by atoms with Crippen LogP contribution < -0.4 is 11.0 Å². The summed E-state index contributed by atoms with van der Waals surface area (Å²) < 4.78 is 1.25. The molecule has 2 aromatic heterocycles. The van der Waals surface area contributed by atoms with Gasteiger partial charge in [0.25, 0.3) is 11.5 Å². The fourth-order valence-corrected chi connectivity index (χ4v) is 4.01. The fraction of sp³-hybridized carbons (Fsp3) is 0. The lowest BCUT2D eigenvalue weighted by atomic mass is 10.1. The third-order valence-electron chi connectivity index (χ3n) is 4.73. The summed E-state index contributed by atoms with van der Waals surface area (Å²) in [5, 5.41) is 4.33. The Morgan fingerprint density at radius 3 is 2.34 bits per heavy atom. The second kappa shape index (κ2) is 7.00. The van der Waals surface area contributed by atoms with E-state index in [-0.39, 0.29) is 11.5 Å². The number of fused-ring (bicyclic) bond motifs is 2. The van der Waals surface area contributed by atoms with E-state index in [0.29, 0.717) is 22.3 Å². The maximum absolute atomic E-state index is 13.4. The van der Waals surface area contributed by atoms with Gasteiger partial charge in [-0.05, 0) is 46.5 Å². The molecular formula is C23H15N3O2S. The van der Waals surface area contributed by atoms with E-state index in [0.717, 1.165) is 15.6 Å². The quantitative estimate of drug-likeness (QED) is 0.450. The number of carbonyl (C=O) groups is 1. The van der Waals surface area contributed by atoms with Gasteiger partial charge in [0.15, 0.2) is 5.82 Å². The number of thiophene rings is 1. The highest BCUT2D eigenvalue weighted by Crippen LogP contribution is 2.25. The second-order valence-corrected chi connectivity index (χ2v) is 7.52. The molecule has 0 aliphatic rings. The van der Waals surface area contributed by atoms with Gasteiger partial charge in [-0.25, -0.2) is 4.98 Å².